The van der Waals surface area contributed by atoms with Crippen molar-refractivity contribution in [3.8, 4) is 0 Å². The predicted octanol–water partition coefficient (Wildman–Crippen LogP) is 4.94. The van der Waals surface area contributed by atoms with Crippen LogP contribution in [0.5, 0.6) is 0 Å². The van der Waals surface area contributed by atoms with Crippen molar-refractivity contribution >= 4 is 60.7 Å². The van der Waals surface area contributed by atoms with E-state index >= 15 is 0 Å². The Balaban J connectivity index is 1.69. The number of halogens is 3. The molecule has 5 nitrogen and oxygen atoms in total. The number of hydrogen-bond acceptors (Lipinski definition) is 3. The quantitative estimate of drug-likeness (QED) is 0.626. The van der Waals surface area contributed by atoms with Gasteiger partial charge in [0.1, 0.15) is 0 Å². The molecule has 0 unspecified atom stereocenters. The maximum absolute atomic E-state index is 12.9. The number of benzene rings is 2. The average molecular weight is 506 g/mol. The van der Waals surface area contributed by atoms with Gasteiger partial charge in [-0.3, -0.25) is 4.79 Å². The van der Waals surface area contributed by atoms with Gasteiger partial charge in [0.15, 0.2) is 0 Å². The van der Waals surface area contributed by atoms with Gasteiger partial charge in [-0.2, -0.15) is 0 Å². The molecule has 0 spiro atoms. The predicted molar refractivity (Wildman–Crippen MR) is 116 cm³/mol. The van der Waals surface area contributed by atoms with Crippen LogP contribution in [0.1, 0.15) is 18.4 Å². The van der Waals surface area contributed by atoms with Crippen LogP contribution in [0.15, 0.2) is 46.9 Å². The van der Waals surface area contributed by atoms with Crippen molar-refractivity contribution in [2.24, 2.45) is 5.92 Å². The number of carbonyl (C=O) groups is 1. The van der Waals surface area contributed by atoms with Crippen molar-refractivity contribution < 1.29 is 13.2 Å². The van der Waals surface area contributed by atoms with Crippen molar-refractivity contribution in [1.82, 2.24) is 4.31 Å². The topological polar surface area (TPSA) is 66.5 Å². The molecule has 2 aromatic carbocycles. The van der Waals surface area contributed by atoms with Gasteiger partial charge in [-0.15, -0.1) is 0 Å². The highest BCUT2D eigenvalue weighted by atomic mass is 79.9. The first-order valence-corrected chi connectivity index (χ1v) is 11.9. The van der Waals surface area contributed by atoms with Crippen molar-refractivity contribution in [2.45, 2.75) is 18.6 Å². The second-order valence-electron chi connectivity index (χ2n) is 6.65. The summed E-state index contributed by atoms with van der Waals surface area (Å²) in [5.74, 6) is -0.876. The molecule has 150 valence electrons. The second-order valence-corrected chi connectivity index (χ2v) is 10.3. The molecule has 3 rings (SSSR count). The molecular formula is C19H19BrCl2N2O3S. The minimum Gasteiger partial charge on any atom is -0.326 e. The van der Waals surface area contributed by atoms with Crippen LogP contribution in [0.25, 0.3) is 0 Å². The summed E-state index contributed by atoms with van der Waals surface area (Å²) < 4.78 is 28.1. The fraction of sp³-hybridized carbons (Fsp3) is 0.316. The Labute approximate surface area is 183 Å². The summed E-state index contributed by atoms with van der Waals surface area (Å²) in [6.45, 7) is 0.527. The average Bonchev–Trinajstić information content (AvgIpc) is 2.67. The molecule has 1 aliphatic heterocycles. The van der Waals surface area contributed by atoms with Gasteiger partial charge in [-0.05, 0) is 49.2 Å². The van der Waals surface area contributed by atoms with Crippen molar-refractivity contribution in [3.63, 3.8) is 0 Å². The molecule has 1 heterocycles. The number of nitrogens with zero attached hydrogens (tertiary/aromatic N) is 1. The van der Waals surface area contributed by atoms with Gasteiger partial charge in [0.2, 0.25) is 15.9 Å². The third kappa shape index (κ3) is 5.27. The van der Waals surface area contributed by atoms with Gasteiger partial charge >= 0.3 is 0 Å². The van der Waals surface area contributed by atoms with Crippen LogP contribution in [0.2, 0.25) is 10.0 Å². The van der Waals surface area contributed by atoms with Gasteiger partial charge in [-0.25, -0.2) is 12.7 Å². The first kappa shape index (κ1) is 21.6. The Hall–Kier alpha value is -1.12. The van der Waals surface area contributed by atoms with Crippen LogP contribution >= 0.6 is 39.1 Å². The van der Waals surface area contributed by atoms with Crippen LogP contribution in [0.4, 0.5) is 5.69 Å². The van der Waals surface area contributed by atoms with Crippen LogP contribution < -0.4 is 5.32 Å². The fourth-order valence-corrected chi connectivity index (χ4v) is 5.76. The van der Waals surface area contributed by atoms with E-state index in [1.54, 1.807) is 30.3 Å². The maximum Gasteiger partial charge on any atom is 0.228 e. The largest absolute Gasteiger partial charge is 0.326 e. The number of rotatable bonds is 5. The van der Waals surface area contributed by atoms with Crippen molar-refractivity contribution in [1.29, 1.82) is 0 Å². The van der Waals surface area contributed by atoms with Crippen LogP contribution in [-0.4, -0.2) is 31.7 Å². The summed E-state index contributed by atoms with van der Waals surface area (Å²) in [4.78, 5) is 12.6. The van der Waals surface area contributed by atoms with E-state index in [1.807, 2.05) is 12.1 Å². The highest BCUT2D eigenvalue weighted by Gasteiger charge is 2.33. The third-order valence-corrected chi connectivity index (χ3v) is 7.66. The standard InChI is InChI=1S/C19H19BrCl2N2O3S/c20-14-6-8-15(9-7-14)23-19(25)13-3-2-10-24(11-13)28(26,27)12-16-17(21)4-1-5-18(16)22/h1,4-9,13H,2-3,10-12H2,(H,23,25)/t13-/m1/s1. The first-order chi connectivity index (χ1) is 13.3. The molecule has 0 saturated carbocycles. The summed E-state index contributed by atoms with van der Waals surface area (Å²) in [5, 5.41) is 3.49. The smallest absolute Gasteiger partial charge is 0.228 e. The van der Waals surface area contributed by atoms with Crippen LogP contribution in [-0.2, 0) is 20.6 Å². The SMILES string of the molecule is O=C(Nc1ccc(Br)cc1)[C@@H]1CCCN(S(=O)(=O)Cc2c(Cl)cccc2Cl)C1. The molecule has 1 saturated heterocycles. The molecule has 1 fully saturated rings. The molecule has 1 aliphatic rings. The summed E-state index contributed by atoms with van der Waals surface area (Å²) in [7, 11) is -3.65. The van der Waals surface area contributed by atoms with Gasteiger partial charge < -0.3 is 5.32 Å². The van der Waals surface area contributed by atoms with Gasteiger partial charge in [0, 0.05) is 38.9 Å². The van der Waals surface area contributed by atoms with E-state index < -0.39 is 15.9 Å². The van der Waals surface area contributed by atoms with Crippen LogP contribution in [0.3, 0.4) is 0 Å². The number of amides is 1. The lowest BCUT2D eigenvalue weighted by Crippen LogP contribution is -2.44. The number of carbonyl (C=O) groups excluding carboxylic acids is 1. The third-order valence-electron chi connectivity index (χ3n) is 4.65. The van der Waals surface area contributed by atoms with E-state index in [1.165, 1.54) is 4.31 Å². The van der Waals surface area contributed by atoms with Crippen molar-refractivity contribution in [3.05, 3.63) is 62.5 Å². The summed E-state index contributed by atoms with van der Waals surface area (Å²) in [6, 6.07) is 12.1. The Morgan fingerprint density at radius 2 is 1.79 bits per heavy atom. The lowest BCUT2D eigenvalue weighted by atomic mass is 9.99. The first-order valence-electron chi connectivity index (χ1n) is 8.73. The number of hydrogen-bond donors (Lipinski definition) is 1. The van der Waals surface area contributed by atoms with E-state index in [4.69, 9.17) is 23.2 Å². The van der Waals surface area contributed by atoms with Gasteiger partial charge in [0.05, 0.1) is 11.7 Å². The molecule has 0 bridgehead atoms. The van der Waals surface area contributed by atoms with Crippen LogP contribution in [0, 0.1) is 5.92 Å². The van der Waals surface area contributed by atoms with E-state index in [2.05, 4.69) is 21.2 Å². The summed E-state index contributed by atoms with van der Waals surface area (Å²) >= 11 is 15.6. The lowest BCUT2D eigenvalue weighted by Gasteiger charge is -2.31. The van der Waals surface area contributed by atoms with E-state index in [0.29, 0.717) is 40.7 Å². The molecule has 1 N–H and O–H groups in total. The Bertz CT molecular complexity index is 947. The lowest BCUT2D eigenvalue weighted by molar-refractivity contribution is -0.120. The zero-order chi connectivity index (χ0) is 20.3. The second kappa shape index (κ2) is 9.13. The number of anilines is 1. The Kier molecular flexibility index (Phi) is 7.04. The number of piperidine rings is 1. The molecule has 9 heteroatoms. The fourth-order valence-electron chi connectivity index (χ4n) is 3.13. The minimum atomic E-state index is -3.65. The molecule has 0 aliphatic carbocycles. The summed E-state index contributed by atoms with van der Waals surface area (Å²) in [6.07, 6.45) is 1.26. The Morgan fingerprint density at radius 1 is 1.14 bits per heavy atom. The Morgan fingerprint density at radius 3 is 2.43 bits per heavy atom. The number of nitrogens with one attached hydrogen (secondary N) is 1. The number of sulfonamides is 1. The molecule has 2 aromatic rings. The van der Waals surface area contributed by atoms with Gasteiger partial charge in [-0.1, -0.05) is 45.2 Å². The maximum atomic E-state index is 12.9. The molecule has 28 heavy (non-hydrogen) atoms. The van der Waals surface area contributed by atoms with E-state index in [0.717, 1.165) is 4.47 Å². The van der Waals surface area contributed by atoms with E-state index in [-0.39, 0.29) is 18.2 Å². The summed E-state index contributed by atoms with van der Waals surface area (Å²) in [5.41, 5.74) is 1.06. The molecule has 0 radical (unpaired) electrons. The normalized spacial score (nSPS) is 18.0. The zero-order valence-corrected chi connectivity index (χ0v) is 18.8. The molecule has 1 atom stereocenters. The van der Waals surface area contributed by atoms with Gasteiger partial charge in [0.25, 0.3) is 0 Å². The highest BCUT2D eigenvalue weighted by molar-refractivity contribution is 9.10. The zero-order valence-electron chi connectivity index (χ0n) is 14.9. The van der Waals surface area contributed by atoms with Crippen molar-refractivity contribution in [2.75, 3.05) is 18.4 Å². The molecule has 1 amide bonds. The monoisotopic (exact) mass is 504 g/mol. The highest BCUT2D eigenvalue weighted by Crippen LogP contribution is 2.29. The minimum absolute atomic E-state index is 0.146. The van der Waals surface area contributed by atoms with E-state index in [9.17, 15) is 13.2 Å². The molecular weight excluding hydrogens is 487 g/mol. The molecule has 0 aromatic heterocycles.